The molecular formula is C15H22N4S. The highest BCUT2D eigenvalue weighted by molar-refractivity contribution is 7.18. The molecular weight excluding hydrogens is 268 g/mol. The van der Waals surface area contributed by atoms with E-state index in [1.54, 1.807) is 17.7 Å². The summed E-state index contributed by atoms with van der Waals surface area (Å²) in [6, 6.07) is 0.608. The van der Waals surface area contributed by atoms with E-state index in [-0.39, 0.29) is 0 Å². The molecule has 1 fully saturated rings. The standard InChI is InChI=1S/C15H22N4S/c1-11-9-20-14-13(11)17-10-18-15(14)19-8-4-3-5-12(19)6-7-16-2/h9-10,12,16H,3-8H2,1-2H3. The summed E-state index contributed by atoms with van der Waals surface area (Å²) < 4.78 is 1.25. The van der Waals surface area contributed by atoms with Gasteiger partial charge in [-0.2, -0.15) is 0 Å². The van der Waals surface area contributed by atoms with Crippen LogP contribution in [0.1, 0.15) is 31.2 Å². The number of hydrogen-bond acceptors (Lipinski definition) is 5. The summed E-state index contributed by atoms with van der Waals surface area (Å²) in [6.07, 6.45) is 6.79. The van der Waals surface area contributed by atoms with Gasteiger partial charge in [-0.3, -0.25) is 0 Å². The molecule has 3 heterocycles. The number of nitrogens with one attached hydrogen (secondary N) is 1. The number of piperidine rings is 1. The van der Waals surface area contributed by atoms with E-state index in [0.29, 0.717) is 6.04 Å². The second-order valence-corrected chi connectivity index (χ2v) is 6.41. The lowest BCUT2D eigenvalue weighted by molar-refractivity contribution is 0.431. The molecule has 0 aromatic carbocycles. The molecule has 5 heteroatoms. The number of aromatic nitrogens is 2. The van der Waals surface area contributed by atoms with Crippen molar-refractivity contribution in [3.8, 4) is 0 Å². The van der Waals surface area contributed by atoms with Crippen LogP contribution in [0.2, 0.25) is 0 Å². The lowest BCUT2D eigenvalue weighted by atomic mass is 9.99. The van der Waals surface area contributed by atoms with Crippen LogP contribution in [-0.4, -0.2) is 36.1 Å². The average Bonchev–Trinajstić information content (AvgIpc) is 2.87. The molecule has 2 aromatic rings. The second-order valence-electron chi connectivity index (χ2n) is 5.53. The van der Waals surface area contributed by atoms with Crippen LogP contribution < -0.4 is 10.2 Å². The number of anilines is 1. The molecule has 0 spiro atoms. The van der Waals surface area contributed by atoms with E-state index in [0.717, 1.165) is 24.4 Å². The largest absolute Gasteiger partial charge is 0.352 e. The third-order valence-electron chi connectivity index (χ3n) is 4.14. The first-order valence-electron chi connectivity index (χ1n) is 7.41. The van der Waals surface area contributed by atoms with E-state index in [9.17, 15) is 0 Å². The fraction of sp³-hybridized carbons (Fsp3) is 0.600. The maximum Gasteiger partial charge on any atom is 0.150 e. The first kappa shape index (κ1) is 13.8. The second kappa shape index (κ2) is 6.06. The minimum absolute atomic E-state index is 0.608. The monoisotopic (exact) mass is 290 g/mol. The van der Waals surface area contributed by atoms with Crippen LogP contribution in [0.4, 0.5) is 5.82 Å². The van der Waals surface area contributed by atoms with Crippen molar-refractivity contribution in [2.75, 3.05) is 25.0 Å². The molecule has 1 atom stereocenters. The number of fused-ring (bicyclic) bond motifs is 1. The Hall–Kier alpha value is -1.20. The number of hydrogen-bond donors (Lipinski definition) is 1. The minimum Gasteiger partial charge on any atom is -0.352 e. The quantitative estimate of drug-likeness (QED) is 0.940. The zero-order valence-electron chi connectivity index (χ0n) is 12.2. The fourth-order valence-corrected chi connectivity index (χ4v) is 4.06. The first-order valence-corrected chi connectivity index (χ1v) is 8.29. The predicted octanol–water partition coefficient (Wildman–Crippen LogP) is 2.97. The third kappa shape index (κ3) is 2.52. The van der Waals surface area contributed by atoms with Crippen LogP contribution >= 0.6 is 11.3 Å². The first-order chi connectivity index (χ1) is 9.81. The minimum atomic E-state index is 0.608. The topological polar surface area (TPSA) is 41.0 Å². The van der Waals surface area contributed by atoms with Crippen LogP contribution in [0.5, 0.6) is 0 Å². The van der Waals surface area contributed by atoms with E-state index in [1.165, 1.54) is 35.9 Å². The Morgan fingerprint density at radius 3 is 3.15 bits per heavy atom. The molecule has 4 nitrogen and oxygen atoms in total. The highest BCUT2D eigenvalue weighted by Gasteiger charge is 2.25. The van der Waals surface area contributed by atoms with Gasteiger partial charge >= 0.3 is 0 Å². The summed E-state index contributed by atoms with van der Waals surface area (Å²) in [6.45, 7) is 4.32. The van der Waals surface area contributed by atoms with E-state index in [1.807, 2.05) is 7.05 Å². The van der Waals surface area contributed by atoms with Gasteiger partial charge < -0.3 is 10.2 Å². The molecule has 3 rings (SSSR count). The number of thiophene rings is 1. The molecule has 20 heavy (non-hydrogen) atoms. The lowest BCUT2D eigenvalue weighted by Crippen LogP contribution is -2.41. The van der Waals surface area contributed by atoms with Crippen molar-refractivity contribution in [2.24, 2.45) is 0 Å². The smallest absolute Gasteiger partial charge is 0.150 e. The Kier molecular flexibility index (Phi) is 4.17. The van der Waals surface area contributed by atoms with Gasteiger partial charge in [0.25, 0.3) is 0 Å². The van der Waals surface area contributed by atoms with Crippen molar-refractivity contribution in [1.29, 1.82) is 0 Å². The fourth-order valence-electron chi connectivity index (χ4n) is 3.05. The van der Waals surface area contributed by atoms with Crippen LogP contribution in [0.15, 0.2) is 11.7 Å². The molecule has 0 saturated carbocycles. The summed E-state index contributed by atoms with van der Waals surface area (Å²) in [5, 5.41) is 5.46. The van der Waals surface area contributed by atoms with Gasteiger partial charge in [-0.15, -0.1) is 11.3 Å². The number of aryl methyl sites for hydroxylation is 1. The normalized spacial score (nSPS) is 19.7. The Morgan fingerprint density at radius 2 is 2.30 bits per heavy atom. The van der Waals surface area contributed by atoms with E-state index < -0.39 is 0 Å². The molecule has 0 bridgehead atoms. The van der Waals surface area contributed by atoms with Gasteiger partial charge in [0.1, 0.15) is 12.1 Å². The summed E-state index contributed by atoms with van der Waals surface area (Å²) >= 11 is 1.78. The van der Waals surface area contributed by atoms with E-state index in [2.05, 4.69) is 32.5 Å². The molecule has 1 N–H and O–H groups in total. The zero-order valence-corrected chi connectivity index (χ0v) is 13.0. The maximum atomic E-state index is 4.61. The van der Waals surface area contributed by atoms with Gasteiger partial charge in [-0.1, -0.05) is 0 Å². The van der Waals surface area contributed by atoms with Gasteiger partial charge in [-0.05, 0) is 57.1 Å². The summed E-state index contributed by atoms with van der Waals surface area (Å²) in [4.78, 5) is 11.6. The van der Waals surface area contributed by atoms with Crippen molar-refractivity contribution in [2.45, 2.75) is 38.6 Å². The number of rotatable bonds is 4. The van der Waals surface area contributed by atoms with Crippen LogP contribution in [-0.2, 0) is 0 Å². The maximum absolute atomic E-state index is 4.61. The molecule has 0 aliphatic carbocycles. The average molecular weight is 290 g/mol. The molecule has 0 radical (unpaired) electrons. The highest BCUT2D eigenvalue weighted by Crippen LogP contribution is 2.34. The van der Waals surface area contributed by atoms with Gasteiger partial charge in [0.15, 0.2) is 0 Å². The molecule has 0 amide bonds. The van der Waals surface area contributed by atoms with Gasteiger partial charge in [-0.25, -0.2) is 9.97 Å². The molecule has 1 unspecified atom stereocenters. The Morgan fingerprint density at radius 1 is 1.40 bits per heavy atom. The van der Waals surface area contributed by atoms with E-state index >= 15 is 0 Å². The van der Waals surface area contributed by atoms with Crippen molar-refractivity contribution in [3.05, 3.63) is 17.3 Å². The molecule has 108 valence electrons. The predicted molar refractivity (Wildman–Crippen MR) is 85.7 cm³/mol. The molecule has 1 aliphatic rings. The van der Waals surface area contributed by atoms with Gasteiger partial charge in [0, 0.05) is 12.6 Å². The summed E-state index contributed by atoms with van der Waals surface area (Å²) in [5.74, 6) is 1.15. The zero-order chi connectivity index (χ0) is 13.9. The highest BCUT2D eigenvalue weighted by atomic mass is 32.1. The van der Waals surface area contributed by atoms with Crippen molar-refractivity contribution in [1.82, 2.24) is 15.3 Å². The lowest BCUT2D eigenvalue weighted by Gasteiger charge is -2.37. The van der Waals surface area contributed by atoms with Crippen molar-refractivity contribution >= 4 is 27.4 Å². The van der Waals surface area contributed by atoms with Crippen LogP contribution in [0, 0.1) is 6.92 Å². The van der Waals surface area contributed by atoms with E-state index in [4.69, 9.17) is 0 Å². The molecule has 1 aliphatic heterocycles. The summed E-state index contributed by atoms with van der Waals surface area (Å²) in [7, 11) is 2.03. The Bertz CT molecular complexity index is 580. The van der Waals surface area contributed by atoms with Gasteiger partial charge in [0.2, 0.25) is 0 Å². The van der Waals surface area contributed by atoms with Crippen molar-refractivity contribution in [3.63, 3.8) is 0 Å². The van der Waals surface area contributed by atoms with Crippen molar-refractivity contribution < 1.29 is 0 Å². The molecule has 1 saturated heterocycles. The number of nitrogens with zero attached hydrogens (tertiary/aromatic N) is 3. The van der Waals surface area contributed by atoms with Gasteiger partial charge in [0.05, 0.1) is 10.2 Å². The summed E-state index contributed by atoms with van der Waals surface area (Å²) in [5.41, 5.74) is 2.38. The third-order valence-corrected chi connectivity index (χ3v) is 5.22. The molecule has 2 aromatic heterocycles. The Balaban J connectivity index is 1.95. The van der Waals surface area contributed by atoms with Crippen LogP contribution in [0.3, 0.4) is 0 Å². The SMILES string of the molecule is CNCCC1CCCCN1c1ncnc2c(C)csc12. The Labute approximate surface area is 124 Å². The van der Waals surface area contributed by atoms with Crippen LogP contribution in [0.25, 0.3) is 10.2 Å².